The SMILES string of the molecule is CCOC(=O)CNC(=O)CSc1nnc(Br)n1-c1ccc(C2CC2)c2ccccc12. The van der Waals surface area contributed by atoms with E-state index < -0.39 is 5.97 Å². The quantitative estimate of drug-likeness (QED) is 0.383. The first kappa shape index (κ1) is 20.9. The maximum Gasteiger partial charge on any atom is 0.325 e. The van der Waals surface area contributed by atoms with Crippen molar-refractivity contribution in [2.24, 2.45) is 0 Å². The highest BCUT2D eigenvalue weighted by Crippen LogP contribution is 2.44. The van der Waals surface area contributed by atoms with Crippen LogP contribution in [0, 0.1) is 0 Å². The van der Waals surface area contributed by atoms with Crippen molar-refractivity contribution in [1.29, 1.82) is 0 Å². The maximum atomic E-state index is 12.1. The molecule has 1 aromatic heterocycles. The summed E-state index contributed by atoms with van der Waals surface area (Å²) in [6.07, 6.45) is 2.48. The third-order valence-electron chi connectivity index (χ3n) is 4.85. The average Bonchev–Trinajstić information content (AvgIpc) is 3.53. The molecule has 7 nitrogen and oxygen atoms in total. The Kier molecular flexibility index (Phi) is 6.38. The van der Waals surface area contributed by atoms with Crippen molar-refractivity contribution in [2.45, 2.75) is 30.8 Å². The van der Waals surface area contributed by atoms with E-state index >= 15 is 0 Å². The second-order valence-electron chi connectivity index (χ2n) is 6.95. The Morgan fingerprint density at radius 2 is 1.97 bits per heavy atom. The molecule has 0 radical (unpaired) electrons. The number of carbonyl (C=O) groups excluding carboxylic acids is 2. The number of carbonyl (C=O) groups is 2. The molecule has 0 spiro atoms. The number of esters is 1. The normalized spacial score (nSPS) is 13.4. The summed E-state index contributed by atoms with van der Waals surface area (Å²) >= 11 is 4.75. The number of hydrogen-bond donors (Lipinski definition) is 1. The molecule has 1 heterocycles. The van der Waals surface area contributed by atoms with E-state index in [1.165, 1.54) is 35.6 Å². The molecule has 0 unspecified atom stereocenters. The highest BCUT2D eigenvalue weighted by molar-refractivity contribution is 9.10. The van der Waals surface area contributed by atoms with Crippen LogP contribution in [-0.4, -0.2) is 45.5 Å². The third-order valence-corrected chi connectivity index (χ3v) is 6.30. The summed E-state index contributed by atoms with van der Waals surface area (Å²) in [5.41, 5.74) is 2.34. The van der Waals surface area contributed by atoms with Gasteiger partial charge in [0.05, 0.1) is 18.0 Å². The number of amides is 1. The largest absolute Gasteiger partial charge is 0.465 e. The number of hydrogen-bond acceptors (Lipinski definition) is 6. The molecule has 1 N–H and O–H groups in total. The molecular formula is C21H21BrN4O3S. The minimum Gasteiger partial charge on any atom is -0.465 e. The van der Waals surface area contributed by atoms with Crippen LogP contribution in [0.1, 0.15) is 31.2 Å². The smallest absolute Gasteiger partial charge is 0.325 e. The minimum absolute atomic E-state index is 0.114. The second kappa shape index (κ2) is 9.18. The molecule has 1 fully saturated rings. The molecule has 4 rings (SSSR count). The van der Waals surface area contributed by atoms with E-state index in [1.807, 2.05) is 10.6 Å². The van der Waals surface area contributed by atoms with Gasteiger partial charge < -0.3 is 10.1 Å². The Hall–Kier alpha value is -2.39. The van der Waals surface area contributed by atoms with Gasteiger partial charge in [-0.1, -0.05) is 42.1 Å². The number of nitrogens with zero attached hydrogens (tertiary/aromatic N) is 3. The lowest BCUT2D eigenvalue weighted by Gasteiger charge is -2.14. The standard InChI is InChI=1S/C21H21BrN4O3S/c1-2-29-19(28)11-23-18(27)12-30-21-25-24-20(22)26(21)17-10-9-14(13-7-8-13)15-5-3-4-6-16(15)17/h3-6,9-10,13H,2,7-8,11-12H2,1H3,(H,23,27). The van der Waals surface area contributed by atoms with Gasteiger partial charge in [0.2, 0.25) is 10.6 Å². The summed E-state index contributed by atoms with van der Waals surface area (Å²) in [5.74, 6) is 0.0321. The fraction of sp³-hybridized carbons (Fsp3) is 0.333. The predicted molar refractivity (Wildman–Crippen MR) is 119 cm³/mol. The molecule has 0 saturated heterocycles. The van der Waals surface area contributed by atoms with E-state index in [0.29, 0.717) is 15.8 Å². The molecule has 0 bridgehead atoms. The topological polar surface area (TPSA) is 86.1 Å². The van der Waals surface area contributed by atoms with Gasteiger partial charge in [-0.25, -0.2) is 0 Å². The van der Waals surface area contributed by atoms with Gasteiger partial charge in [0.1, 0.15) is 6.54 Å². The lowest BCUT2D eigenvalue weighted by atomic mass is 9.99. The van der Waals surface area contributed by atoms with E-state index in [1.54, 1.807) is 6.92 Å². The zero-order chi connectivity index (χ0) is 21.1. The molecule has 30 heavy (non-hydrogen) atoms. The van der Waals surface area contributed by atoms with Crippen LogP contribution < -0.4 is 5.32 Å². The molecule has 1 aliphatic carbocycles. The van der Waals surface area contributed by atoms with Crippen molar-refractivity contribution >= 4 is 50.3 Å². The van der Waals surface area contributed by atoms with Gasteiger partial charge in [-0.05, 0) is 58.6 Å². The molecular weight excluding hydrogens is 468 g/mol. The van der Waals surface area contributed by atoms with Gasteiger partial charge in [0.25, 0.3) is 0 Å². The van der Waals surface area contributed by atoms with Crippen molar-refractivity contribution in [3.8, 4) is 5.69 Å². The van der Waals surface area contributed by atoms with Crippen molar-refractivity contribution in [3.05, 3.63) is 46.7 Å². The predicted octanol–water partition coefficient (Wildman–Crippen LogP) is 3.83. The minimum atomic E-state index is -0.455. The number of thioether (sulfide) groups is 1. The van der Waals surface area contributed by atoms with E-state index in [0.717, 1.165) is 11.1 Å². The number of aromatic nitrogens is 3. The van der Waals surface area contributed by atoms with Crippen LogP contribution in [-0.2, 0) is 14.3 Å². The van der Waals surface area contributed by atoms with Crippen LogP contribution in [0.2, 0.25) is 0 Å². The molecule has 9 heteroatoms. The first-order valence-electron chi connectivity index (χ1n) is 9.76. The number of rotatable bonds is 8. The zero-order valence-corrected chi connectivity index (χ0v) is 18.8. The van der Waals surface area contributed by atoms with Crippen LogP contribution in [0.25, 0.3) is 16.5 Å². The fourth-order valence-corrected chi connectivity index (χ4v) is 4.69. The average molecular weight is 489 g/mol. The van der Waals surface area contributed by atoms with Crippen LogP contribution in [0.15, 0.2) is 46.3 Å². The first-order chi connectivity index (χ1) is 14.6. The van der Waals surface area contributed by atoms with E-state index in [-0.39, 0.29) is 24.8 Å². The maximum absolute atomic E-state index is 12.1. The summed E-state index contributed by atoms with van der Waals surface area (Å²) in [5, 5.41) is 13.9. The van der Waals surface area contributed by atoms with Gasteiger partial charge in [-0.2, -0.15) is 0 Å². The first-order valence-corrected chi connectivity index (χ1v) is 11.5. The van der Waals surface area contributed by atoms with Gasteiger partial charge in [-0.15, -0.1) is 10.2 Å². The van der Waals surface area contributed by atoms with E-state index in [4.69, 9.17) is 4.74 Å². The Morgan fingerprint density at radius 3 is 2.70 bits per heavy atom. The monoisotopic (exact) mass is 488 g/mol. The van der Waals surface area contributed by atoms with Crippen molar-refractivity contribution in [3.63, 3.8) is 0 Å². The van der Waals surface area contributed by atoms with Crippen molar-refractivity contribution < 1.29 is 14.3 Å². The summed E-state index contributed by atoms with van der Waals surface area (Å²) in [6, 6.07) is 12.6. The summed E-state index contributed by atoms with van der Waals surface area (Å²) < 4.78 is 7.29. The van der Waals surface area contributed by atoms with E-state index in [2.05, 4.69) is 61.8 Å². The molecule has 0 atom stereocenters. The van der Waals surface area contributed by atoms with Crippen molar-refractivity contribution in [1.82, 2.24) is 20.1 Å². The number of fused-ring (bicyclic) bond motifs is 1. The van der Waals surface area contributed by atoms with Crippen LogP contribution in [0.4, 0.5) is 0 Å². The highest BCUT2D eigenvalue weighted by Gasteiger charge is 2.26. The summed E-state index contributed by atoms with van der Waals surface area (Å²) in [4.78, 5) is 23.5. The Bertz CT molecular complexity index is 1100. The van der Waals surface area contributed by atoms with Gasteiger partial charge in [0.15, 0.2) is 5.16 Å². The van der Waals surface area contributed by atoms with Gasteiger partial charge >= 0.3 is 5.97 Å². The third kappa shape index (κ3) is 4.52. The Balaban J connectivity index is 1.55. The lowest BCUT2D eigenvalue weighted by molar-refractivity contribution is -0.143. The molecule has 3 aromatic rings. The van der Waals surface area contributed by atoms with Gasteiger partial charge in [-0.3, -0.25) is 14.2 Å². The Morgan fingerprint density at radius 1 is 1.20 bits per heavy atom. The zero-order valence-electron chi connectivity index (χ0n) is 16.4. The van der Waals surface area contributed by atoms with Crippen LogP contribution >= 0.6 is 27.7 Å². The number of ether oxygens (including phenoxy) is 1. The van der Waals surface area contributed by atoms with Crippen molar-refractivity contribution in [2.75, 3.05) is 18.9 Å². The second-order valence-corrected chi connectivity index (χ2v) is 8.60. The number of halogens is 1. The summed E-state index contributed by atoms with van der Waals surface area (Å²) in [6.45, 7) is 1.87. The number of nitrogens with one attached hydrogen (secondary N) is 1. The Labute approximate surface area is 186 Å². The molecule has 1 saturated carbocycles. The number of benzene rings is 2. The van der Waals surface area contributed by atoms with Gasteiger partial charge in [0, 0.05) is 5.39 Å². The molecule has 0 aliphatic heterocycles. The molecule has 1 amide bonds. The molecule has 1 aliphatic rings. The highest BCUT2D eigenvalue weighted by atomic mass is 79.9. The molecule has 156 valence electrons. The lowest BCUT2D eigenvalue weighted by Crippen LogP contribution is -2.31. The summed E-state index contributed by atoms with van der Waals surface area (Å²) in [7, 11) is 0. The van der Waals surface area contributed by atoms with Crippen LogP contribution in [0.5, 0.6) is 0 Å². The molecule has 2 aromatic carbocycles. The fourth-order valence-electron chi connectivity index (χ4n) is 3.36. The van der Waals surface area contributed by atoms with E-state index in [9.17, 15) is 9.59 Å². The van der Waals surface area contributed by atoms with Crippen LogP contribution in [0.3, 0.4) is 0 Å².